The maximum Gasteiger partial charge on any atom is 0.237 e. The lowest BCUT2D eigenvalue weighted by atomic mass is 10.2. The van der Waals surface area contributed by atoms with Crippen molar-refractivity contribution in [1.29, 1.82) is 0 Å². The summed E-state index contributed by atoms with van der Waals surface area (Å²) in [6, 6.07) is 5.44. The molecule has 0 bridgehead atoms. The number of hydrogen-bond donors (Lipinski definition) is 2. The molecule has 0 fully saturated rings. The number of carbonyl (C=O) groups is 1. The van der Waals surface area contributed by atoms with E-state index in [9.17, 15) is 4.79 Å². The highest BCUT2D eigenvalue weighted by atomic mass is 35.5. The van der Waals surface area contributed by atoms with Crippen molar-refractivity contribution < 1.29 is 4.79 Å². The standard InChI is InChI=1S/C13H15ClN4OS2/c1-7-9(14)5-4-6-10(7)16-11(19)8(2)20-13-18-17-12(15-3)21-13/h4-6,8H,1-3H3,(H,15,17)(H,16,19)/t8-/m0/s1. The van der Waals surface area contributed by atoms with Gasteiger partial charge in [0, 0.05) is 17.8 Å². The zero-order valence-electron chi connectivity index (χ0n) is 11.8. The Morgan fingerprint density at radius 1 is 1.43 bits per heavy atom. The molecule has 1 amide bonds. The molecule has 0 radical (unpaired) electrons. The summed E-state index contributed by atoms with van der Waals surface area (Å²) in [5.41, 5.74) is 1.59. The lowest BCUT2D eigenvalue weighted by Gasteiger charge is -2.12. The zero-order valence-corrected chi connectivity index (χ0v) is 14.2. The Bertz CT molecular complexity index is 647. The van der Waals surface area contributed by atoms with Crippen molar-refractivity contribution in [1.82, 2.24) is 10.2 Å². The van der Waals surface area contributed by atoms with E-state index in [0.29, 0.717) is 5.02 Å². The summed E-state index contributed by atoms with van der Waals surface area (Å²) in [4.78, 5) is 12.2. The van der Waals surface area contributed by atoms with Crippen LogP contribution in [0, 0.1) is 6.92 Å². The summed E-state index contributed by atoms with van der Waals surface area (Å²) < 4.78 is 0.754. The van der Waals surface area contributed by atoms with Gasteiger partial charge in [-0.05, 0) is 31.5 Å². The van der Waals surface area contributed by atoms with Crippen LogP contribution in [0.4, 0.5) is 10.8 Å². The molecule has 1 aromatic carbocycles. The topological polar surface area (TPSA) is 66.9 Å². The van der Waals surface area contributed by atoms with Crippen molar-refractivity contribution in [3.05, 3.63) is 28.8 Å². The summed E-state index contributed by atoms with van der Waals surface area (Å²) in [7, 11) is 1.78. The molecule has 1 atom stereocenters. The smallest absolute Gasteiger partial charge is 0.237 e. The second-order valence-electron chi connectivity index (χ2n) is 4.28. The van der Waals surface area contributed by atoms with Gasteiger partial charge in [-0.1, -0.05) is 40.8 Å². The molecule has 5 nitrogen and oxygen atoms in total. The second kappa shape index (κ2) is 7.11. The van der Waals surface area contributed by atoms with E-state index < -0.39 is 0 Å². The van der Waals surface area contributed by atoms with Gasteiger partial charge in [-0.15, -0.1) is 10.2 Å². The number of benzene rings is 1. The number of hydrogen-bond acceptors (Lipinski definition) is 6. The van der Waals surface area contributed by atoms with Crippen LogP contribution in [-0.4, -0.2) is 28.4 Å². The maximum absolute atomic E-state index is 12.2. The number of thioether (sulfide) groups is 1. The molecule has 112 valence electrons. The molecule has 0 aliphatic heterocycles. The molecule has 0 unspecified atom stereocenters. The van der Waals surface area contributed by atoms with Crippen LogP contribution in [0.25, 0.3) is 0 Å². The van der Waals surface area contributed by atoms with Gasteiger partial charge in [0.25, 0.3) is 0 Å². The first-order chi connectivity index (χ1) is 10.0. The lowest BCUT2D eigenvalue weighted by Crippen LogP contribution is -2.22. The molecule has 0 saturated carbocycles. The summed E-state index contributed by atoms with van der Waals surface area (Å²) in [5, 5.41) is 14.9. The van der Waals surface area contributed by atoms with Crippen molar-refractivity contribution in [2.75, 3.05) is 17.7 Å². The molecule has 0 spiro atoms. The molecular formula is C13H15ClN4OS2. The van der Waals surface area contributed by atoms with E-state index in [1.807, 2.05) is 26.0 Å². The van der Waals surface area contributed by atoms with Crippen LogP contribution in [0.15, 0.2) is 22.5 Å². The highest BCUT2D eigenvalue weighted by molar-refractivity contribution is 8.02. The minimum Gasteiger partial charge on any atom is -0.363 e. The van der Waals surface area contributed by atoms with Gasteiger partial charge in [0.05, 0.1) is 5.25 Å². The number of amides is 1. The van der Waals surface area contributed by atoms with E-state index in [1.54, 1.807) is 13.1 Å². The van der Waals surface area contributed by atoms with Gasteiger partial charge < -0.3 is 10.6 Å². The second-order valence-corrected chi connectivity index (χ2v) is 7.26. The highest BCUT2D eigenvalue weighted by Crippen LogP contribution is 2.30. The fourth-order valence-corrected chi connectivity index (χ4v) is 3.56. The Labute approximate surface area is 136 Å². The van der Waals surface area contributed by atoms with Gasteiger partial charge in [-0.25, -0.2) is 0 Å². The SMILES string of the molecule is CNc1nnc(S[C@@H](C)C(=O)Nc2cccc(Cl)c2C)s1. The fraction of sp³-hybridized carbons (Fsp3) is 0.308. The molecular weight excluding hydrogens is 328 g/mol. The summed E-state index contributed by atoms with van der Waals surface area (Å²) in [6.45, 7) is 3.71. The fourth-order valence-electron chi connectivity index (χ4n) is 1.54. The van der Waals surface area contributed by atoms with Crippen LogP contribution in [0.1, 0.15) is 12.5 Å². The normalized spacial score (nSPS) is 12.0. The van der Waals surface area contributed by atoms with Gasteiger partial charge in [0.1, 0.15) is 0 Å². The van der Waals surface area contributed by atoms with Crippen molar-refractivity contribution in [3.63, 3.8) is 0 Å². The molecule has 2 aromatic rings. The molecule has 0 aliphatic carbocycles. The van der Waals surface area contributed by atoms with Crippen LogP contribution in [0.5, 0.6) is 0 Å². The third-order valence-corrected chi connectivity index (χ3v) is 5.33. The Morgan fingerprint density at radius 2 is 2.19 bits per heavy atom. The highest BCUT2D eigenvalue weighted by Gasteiger charge is 2.18. The number of halogens is 1. The molecule has 2 rings (SSSR count). The van der Waals surface area contributed by atoms with E-state index in [2.05, 4.69) is 20.8 Å². The van der Waals surface area contributed by atoms with Gasteiger partial charge in [-0.3, -0.25) is 4.79 Å². The average Bonchev–Trinajstić information content (AvgIpc) is 2.91. The lowest BCUT2D eigenvalue weighted by molar-refractivity contribution is -0.115. The van der Waals surface area contributed by atoms with Crippen molar-refractivity contribution >= 4 is 51.4 Å². The van der Waals surface area contributed by atoms with E-state index in [-0.39, 0.29) is 11.2 Å². The van der Waals surface area contributed by atoms with Gasteiger partial charge >= 0.3 is 0 Å². The van der Waals surface area contributed by atoms with Crippen LogP contribution in [0.2, 0.25) is 5.02 Å². The zero-order chi connectivity index (χ0) is 15.4. The molecule has 1 aromatic heterocycles. The predicted molar refractivity (Wildman–Crippen MR) is 89.6 cm³/mol. The number of nitrogens with one attached hydrogen (secondary N) is 2. The minimum atomic E-state index is -0.277. The largest absolute Gasteiger partial charge is 0.363 e. The molecule has 0 aliphatic rings. The number of carbonyl (C=O) groups excluding carboxylic acids is 1. The van der Waals surface area contributed by atoms with Crippen molar-refractivity contribution in [2.45, 2.75) is 23.4 Å². The Kier molecular flexibility index (Phi) is 5.44. The number of nitrogens with zero attached hydrogens (tertiary/aromatic N) is 2. The van der Waals surface area contributed by atoms with E-state index in [0.717, 1.165) is 20.7 Å². The summed E-state index contributed by atoms with van der Waals surface area (Å²) in [6.07, 6.45) is 0. The minimum absolute atomic E-state index is 0.0911. The first kappa shape index (κ1) is 16.1. The van der Waals surface area contributed by atoms with Gasteiger partial charge in [0.2, 0.25) is 11.0 Å². The third-order valence-electron chi connectivity index (χ3n) is 2.79. The third kappa shape index (κ3) is 4.09. The molecule has 21 heavy (non-hydrogen) atoms. The van der Waals surface area contributed by atoms with E-state index in [4.69, 9.17) is 11.6 Å². The molecule has 1 heterocycles. The number of aromatic nitrogens is 2. The van der Waals surface area contributed by atoms with Crippen LogP contribution in [-0.2, 0) is 4.79 Å². The Hall–Kier alpha value is -1.31. The molecule has 8 heteroatoms. The summed E-state index contributed by atoms with van der Waals surface area (Å²) in [5.74, 6) is -0.0911. The van der Waals surface area contributed by atoms with Gasteiger partial charge in [-0.2, -0.15) is 0 Å². The first-order valence-electron chi connectivity index (χ1n) is 6.25. The number of anilines is 2. The van der Waals surface area contributed by atoms with Crippen LogP contribution in [0.3, 0.4) is 0 Å². The number of rotatable bonds is 5. The van der Waals surface area contributed by atoms with Crippen LogP contribution >= 0.6 is 34.7 Å². The van der Waals surface area contributed by atoms with Crippen molar-refractivity contribution in [3.8, 4) is 0 Å². The molecule has 0 saturated heterocycles. The predicted octanol–water partition coefficient (Wildman–Crippen LogP) is 3.66. The molecule has 2 N–H and O–H groups in total. The van der Waals surface area contributed by atoms with Gasteiger partial charge in [0.15, 0.2) is 4.34 Å². The Morgan fingerprint density at radius 3 is 2.86 bits per heavy atom. The van der Waals surface area contributed by atoms with Crippen LogP contribution < -0.4 is 10.6 Å². The van der Waals surface area contributed by atoms with Crippen molar-refractivity contribution in [2.24, 2.45) is 0 Å². The monoisotopic (exact) mass is 342 g/mol. The Balaban J connectivity index is 2.00. The quantitative estimate of drug-likeness (QED) is 0.812. The van der Waals surface area contributed by atoms with E-state index in [1.165, 1.54) is 23.1 Å². The maximum atomic E-state index is 12.2. The first-order valence-corrected chi connectivity index (χ1v) is 8.32. The summed E-state index contributed by atoms with van der Waals surface area (Å²) >= 11 is 8.84. The van der Waals surface area contributed by atoms with E-state index >= 15 is 0 Å². The average molecular weight is 343 g/mol.